The number of carbonyl (C=O) groups excluding carboxylic acids is 1. The third kappa shape index (κ3) is 2.78. The van der Waals surface area contributed by atoms with Crippen molar-refractivity contribution in [3.63, 3.8) is 0 Å². The zero-order valence-electron chi connectivity index (χ0n) is 11.3. The molecule has 1 aliphatic heterocycles. The SMILES string of the molecule is CC(C)(C(=O)N1CC(CC(=O)O)C1)c1ccccc1. The zero-order valence-corrected chi connectivity index (χ0v) is 11.3. The zero-order chi connectivity index (χ0) is 14.0. The second-order valence-electron chi connectivity index (χ2n) is 5.67. The fourth-order valence-electron chi connectivity index (χ4n) is 2.49. The molecule has 19 heavy (non-hydrogen) atoms. The molecule has 1 aromatic rings. The molecule has 1 heterocycles. The monoisotopic (exact) mass is 261 g/mol. The number of likely N-dealkylation sites (tertiary alicyclic amines) is 1. The maximum Gasteiger partial charge on any atom is 0.303 e. The normalized spacial score (nSPS) is 16.0. The van der Waals surface area contributed by atoms with E-state index in [4.69, 9.17) is 5.11 Å². The Balaban J connectivity index is 2.00. The van der Waals surface area contributed by atoms with E-state index in [0.717, 1.165) is 5.56 Å². The second kappa shape index (κ2) is 5.03. The molecule has 1 aromatic carbocycles. The Labute approximate surface area is 113 Å². The molecule has 1 amide bonds. The van der Waals surface area contributed by atoms with Gasteiger partial charge in [-0.15, -0.1) is 0 Å². The number of benzene rings is 1. The van der Waals surface area contributed by atoms with E-state index >= 15 is 0 Å². The average molecular weight is 261 g/mol. The molecule has 0 radical (unpaired) electrons. The summed E-state index contributed by atoms with van der Waals surface area (Å²) in [6.07, 6.45) is 0.148. The molecule has 0 saturated carbocycles. The first-order valence-corrected chi connectivity index (χ1v) is 6.48. The number of carboxylic acid groups (broad SMARTS) is 1. The molecule has 2 rings (SSSR count). The molecule has 0 atom stereocenters. The highest BCUT2D eigenvalue weighted by Crippen LogP contribution is 2.30. The van der Waals surface area contributed by atoms with Gasteiger partial charge in [0.1, 0.15) is 0 Å². The van der Waals surface area contributed by atoms with Crippen molar-refractivity contribution in [2.24, 2.45) is 5.92 Å². The Bertz CT molecular complexity index is 475. The van der Waals surface area contributed by atoms with Crippen molar-refractivity contribution in [2.45, 2.75) is 25.7 Å². The van der Waals surface area contributed by atoms with Gasteiger partial charge in [0.2, 0.25) is 5.91 Å². The van der Waals surface area contributed by atoms with Crippen LogP contribution >= 0.6 is 0 Å². The molecule has 1 aliphatic rings. The van der Waals surface area contributed by atoms with E-state index in [0.29, 0.717) is 13.1 Å². The molecule has 0 aromatic heterocycles. The van der Waals surface area contributed by atoms with Crippen LogP contribution in [0.15, 0.2) is 30.3 Å². The Hall–Kier alpha value is -1.84. The predicted octanol–water partition coefficient (Wildman–Crippen LogP) is 1.90. The number of rotatable bonds is 4. The van der Waals surface area contributed by atoms with Crippen molar-refractivity contribution in [1.29, 1.82) is 0 Å². The number of aliphatic carboxylic acids is 1. The van der Waals surface area contributed by atoms with Gasteiger partial charge >= 0.3 is 5.97 Å². The number of hydrogen-bond acceptors (Lipinski definition) is 2. The molecule has 1 fully saturated rings. The second-order valence-corrected chi connectivity index (χ2v) is 5.67. The summed E-state index contributed by atoms with van der Waals surface area (Å²) in [5, 5.41) is 8.71. The molecule has 1 N–H and O–H groups in total. The van der Waals surface area contributed by atoms with Gasteiger partial charge in [0.05, 0.1) is 11.8 Å². The van der Waals surface area contributed by atoms with Gasteiger partial charge in [-0.3, -0.25) is 9.59 Å². The Morgan fingerprint density at radius 1 is 1.26 bits per heavy atom. The largest absolute Gasteiger partial charge is 0.481 e. The van der Waals surface area contributed by atoms with Crippen LogP contribution in [0.5, 0.6) is 0 Å². The van der Waals surface area contributed by atoms with Gasteiger partial charge in [-0.2, -0.15) is 0 Å². The van der Waals surface area contributed by atoms with E-state index in [2.05, 4.69) is 0 Å². The highest BCUT2D eigenvalue weighted by molar-refractivity contribution is 5.88. The maximum absolute atomic E-state index is 12.5. The number of carbonyl (C=O) groups is 2. The summed E-state index contributed by atoms with van der Waals surface area (Å²) in [6, 6.07) is 9.68. The van der Waals surface area contributed by atoms with Gasteiger partial charge in [-0.25, -0.2) is 0 Å². The summed E-state index contributed by atoms with van der Waals surface area (Å²) >= 11 is 0. The number of carboxylic acids is 1. The average Bonchev–Trinajstić information content (AvgIpc) is 2.33. The lowest BCUT2D eigenvalue weighted by atomic mass is 9.81. The van der Waals surface area contributed by atoms with E-state index < -0.39 is 11.4 Å². The number of hydrogen-bond donors (Lipinski definition) is 1. The Morgan fingerprint density at radius 3 is 2.37 bits per heavy atom. The fourth-order valence-corrected chi connectivity index (χ4v) is 2.49. The van der Waals surface area contributed by atoms with Gasteiger partial charge in [0.25, 0.3) is 0 Å². The van der Waals surface area contributed by atoms with Crippen LogP contribution in [0, 0.1) is 5.92 Å². The maximum atomic E-state index is 12.5. The fraction of sp³-hybridized carbons (Fsp3) is 0.467. The van der Waals surface area contributed by atoms with Gasteiger partial charge in [-0.05, 0) is 19.4 Å². The lowest BCUT2D eigenvalue weighted by Gasteiger charge is -2.42. The van der Waals surface area contributed by atoms with Crippen molar-refractivity contribution in [3.8, 4) is 0 Å². The standard InChI is InChI=1S/C15H19NO3/c1-15(2,12-6-4-3-5-7-12)14(19)16-9-11(10-16)8-13(17)18/h3-7,11H,8-10H2,1-2H3,(H,17,18). The van der Waals surface area contributed by atoms with E-state index in [1.165, 1.54) is 0 Å². The smallest absolute Gasteiger partial charge is 0.303 e. The lowest BCUT2D eigenvalue weighted by Crippen LogP contribution is -2.55. The minimum atomic E-state index is -0.792. The van der Waals surface area contributed by atoms with E-state index in [1.54, 1.807) is 4.90 Å². The Morgan fingerprint density at radius 2 is 1.84 bits per heavy atom. The molecule has 0 aliphatic carbocycles. The molecule has 4 nitrogen and oxygen atoms in total. The van der Waals surface area contributed by atoms with Gasteiger partial charge in [-0.1, -0.05) is 30.3 Å². The van der Waals surface area contributed by atoms with E-state index in [-0.39, 0.29) is 18.2 Å². The minimum absolute atomic E-state index is 0.0698. The summed E-state index contributed by atoms with van der Waals surface area (Å²) in [7, 11) is 0. The summed E-state index contributed by atoms with van der Waals surface area (Å²) < 4.78 is 0. The Kier molecular flexibility index (Phi) is 3.60. The third-order valence-electron chi connectivity index (χ3n) is 3.74. The summed E-state index contributed by atoms with van der Waals surface area (Å²) in [4.78, 5) is 24.8. The quantitative estimate of drug-likeness (QED) is 0.900. The first kappa shape index (κ1) is 13.6. The van der Waals surface area contributed by atoms with Gasteiger partial charge < -0.3 is 10.0 Å². The van der Waals surface area contributed by atoms with Gasteiger partial charge in [0, 0.05) is 19.0 Å². The van der Waals surface area contributed by atoms with Crippen LogP contribution < -0.4 is 0 Å². The first-order valence-electron chi connectivity index (χ1n) is 6.48. The first-order chi connectivity index (χ1) is 8.91. The summed E-state index contributed by atoms with van der Waals surface area (Å²) in [6.45, 7) is 4.94. The summed E-state index contributed by atoms with van der Waals surface area (Å²) in [5.74, 6) is -0.618. The van der Waals surface area contributed by atoms with Crippen LogP contribution in [0.2, 0.25) is 0 Å². The van der Waals surface area contributed by atoms with Crippen LogP contribution in [0.4, 0.5) is 0 Å². The van der Waals surface area contributed by atoms with Crippen LogP contribution in [0.3, 0.4) is 0 Å². The molecular formula is C15H19NO3. The minimum Gasteiger partial charge on any atom is -0.481 e. The number of amides is 1. The molecular weight excluding hydrogens is 242 g/mol. The van der Waals surface area contributed by atoms with E-state index in [9.17, 15) is 9.59 Å². The third-order valence-corrected chi connectivity index (χ3v) is 3.74. The van der Waals surface area contributed by atoms with E-state index in [1.807, 2.05) is 44.2 Å². The lowest BCUT2D eigenvalue weighted by molar-refractivity contribution is -0.148. The van der Waals surface area contributed by atoms with Crippen molar-refractivity contribution in [1.82, 2.24) is 4.90 Å². The molecule has 0 unspecified atom stereocenters. The number of nitrogens with zero attached hydrogens (tertiary/aromatic N) is 1. The van der Waals surface area contributed by atoms with Crippen LogP contribution in [-0.4, -0.2) is 35.0 Å². The summed E-state index contributed by atoms with van der Waals surface area (Å²) in [5.41, 5.74) is 0.428. The predicted molar refractivity (Wildman–Crippen MR) is 71.8 cm³/mol. The molecule has 102 valence electrons. The van der Waals surface area contributed by atoms with Crippen molar-refractivity contribution in [3.05, 3.63) is 35.9 Å². The van der Waals surface area contributed by atoms with Crippen molar-refractivity contribution in [2.75, 3.05) is 13.1 Å². The molecule has 1 saturated heterocycles. The van der Waals surface area contributed by atoms with Crippen LogP contribution in [0.25, 0.3) is 0 Å². The van der Waals surface area contributed by atoms with Crippen LogP contribution in [0.1, 0.15) is 25.8 Å². The molecule has 0 spiro atoms. The molecule has 0 bridgehead atoms. The highest BCUT2D eigenvalue weighted by Gasteiger charge is 2.40. The van der Waals surface area contributed by atoms with Gasteiger partial charge in [0.15, 0.2) is 0 Å². The topological polar surface area (TPSA) is 57.6 Å². The van der Waals surface area contributed by atoms with Crippen LogP contribution in [-0.2, 0) is 15.0 Å². The van der Waals surface area contributed by atoms with Crippen molar-refractivity contribution >= 4 is 11.9 Å². The highest BCUT2D eigenvalue weighted by atomic mass is 16.4. The van der Waals surface area contributed by atoms with Crippen molar-refractivity contribution < 1.29 is 14.7 Å². The molecule has 4 heteroatoms.